The summed E-state index contributed by atoms with van der Waals surface area (Å²) in [6.45, 7) is 1.38. The number of aromatic nitrogens is 2. The van der Waals surface area contributed by atoms with Crippen LogP contribution < -0.4 is 10.1 Å². The van der Waals surface area contributed by atoms with Gasteiger partial charge < -0.3 is 14.5 Å². The molecule has 1 amide bonds. The summed E-state index contributed by atoms with van der Waals surface area (Å²) in [7, 11) is -3.57. The SMILES string of the molecule is O=C(Nc1cccc(S(=O)(=O)N2CCCCC2)c1)c1ccc(OCc2cn3ccccc3n2)cc1. The van der Waals surface area contributed by atoms with Crippen molar-refractivity contribution in [3.63, 3.8) is 0 Å². The summed E-state index contributed by atoms with van der Waals surface area (Å²) in [6, 6.07) is 19.0. The smallest absolute Gasteiger partial charge is 0.255 e. The number of anilines is 1. The molecule has 5 rings (SSSR count). The molecule has 0 saturated carbocycles. The van der Waals surface area contributed by atoms with Crippen LogP contribution in [0.25, 0.3) is 5.65 Å². The molecule has 9 heteroatoms. The number of sulfonamides is 1. The van der Waals surface area contributed by atoms with Crippen LogP contribution in [-0.4, -0.2) is 41.1 Å². The quantitative estimate of drug-likeness (QED) is 0.416. The molecule has 180 valence electrons. The number of benzene rings is 2. The number of carbonyl (C=O) groups excluding carboxylic acids is 1. The van der Waals surface area contributed by atoms with E-state index in [9.17, 15) is 13.2 Å². The fraction of sp³-hybridized carbons (Fsp3) is 0.231. The fourth-order valence-electron chi connectivity index (χ4n) is 4.11. The van der Waals surface area contributed by atoms with Gasteiger partial charge in [0.25, 0.3) is 5.91 Å². The second-order valence-corrected chi connectivity index (χ2v) is 10.4. The van der Waals surface area contributed by atoms with Gasteiger partial charge in [-0.15, -0.1) is 0 Å². The number of hydrogen-bond acceptors (Lipinski definition) is 5. The van der Waals surface area contributed by atoms with E-state index < -0.39 is 10.0 Å². The molecule has 0 radical (unpaired) electrons. The Kier molecular flexibility index (Phi) is 6.52. The number of amides is 1. The van der Waals surface area contributed by atoms with Gasteiger partial charge in [0.2, 0.25) is 10.0 Å². The van der Waals surface area contributed by atoms with Crippen molar-refractivity contribution >= 4 is 27.3 Å². The molecule has 1 N–H and O–H groups in total. The van der Waals surface area contributed by atoms with Crippen molar-refractivity contribution in [3.05, 3.63) is 90.4 Å². The lowest BCUT2D eigenvalue weighted by Crippen LogP contribution is -2.35. The average Bonchev–Trinajstić information content (AvgIpc) is 3.31. The van der Waals surface area contributed by atoms with E-state index in [1.165, 1.54) is 10.4 Å². The highest BCUT2D eigenvalue weighted by molar-refractivity contribution is 7.89. The maximum atomic E-state index is 12.9. The van der Waals surface area contributed by atoms with Crippen LogP contribution in [0.15, 0.2) is 84.0 Å². The van der Waals surface area contributed by atoms with Gasteiger partial charge in [-0.3, -0.25) is 4.79 Å². The Morgan fingerprint density at radius 1 is 0.971 bits per heavy atom. The number of pyridine rings is 1. The minimum absolute atomic E-state index is 0.188. The van der Waals surface area contributed by atoms with Gasteiger partial charge in [0.15, 0.2) is 0 Å². The molecule has 0 aliphatic carbocycles. The first-order valence-corrected chi connectivity index (χ1v) is 13.0. The Balaban J connectivity index is 1.22. The first-order chi connectivity index (χ1) is 17.0. The van der Waals surface area contributed by atoms with E-state index >= 15 is 0 Å². The lowest BCUT2D eigenvalue weighted by atomic mass is 10.2. The molecule has 2 aromatic carbocycles. The highest BCUT2D eigenvalue weighted by Gasteiger charge is 2.26. The fourth-order valence-corrected chi connectivity index (χ4v) is 5.67. The van der Waals surface area contributed by atoms with Crippen LogP contribution in [0.2, 0.25) is 0 Å². The van der Waals surface area contributed by atoms with Crippen molar-refractivity contribution in [2.24, 2.45) is 0 Å². The van der Waals surface area contributed by atoms with E-state index in [0.29, 0.717) is 36.7 Å². The highest BCUT2D eigenvalue weighted by Crippen LogP contribution is 2.23. The van der Waals surface area contributed by atoms with Gasteiger partial charge in [0.05, 0.1) is 10.6 Å². The summed E-state index contributed by atoms with van der Waals surface area (Å²) in [6.07, 6.45) is 6.63. The molecule has 0 bridgehead atoms. The first-order valence-electron chi connectivity index (χ1n) is 11.6. The van der Waals surface area contributed by atoms with E-state index in [2.05, 4.69) is 10.3 Å². The number of hydrogen-bond donors (Lipinski definition) is 1. The Labute approximate surface area is 204 Å². The summed E-state index contributed by atoms with van der Waals surface area (Å²) in [5.41, 5.74) is 2.53. The van der Waals surface area contributed by atoms with E-state index in [4.69, 9.17) is 4.74 Å². The maximum Gasteiger partial charge on any atom is 0.255 e. The molecule has 3 heterocycles. The predicted molar refractivity (Wildman–Crippen MR) is 133 cm³/mol. The molecule has 2 aromatic heterocycles. The van der Waals surface area contributed by atoms with Gasteiger partial charge in [0, 0.05) is 36.7 Å². The van der Waals surface area contributed by atoms with Crippen molar-refractivity contribution in [2.45, 2.75) is 30.8 Å². The van der Waals surface area contributed by atoms with Crippen molar-refractivity contribution in [2.75, 3.05) is 18.4 Å². The van der Waals surface area contributed by atoms with E-state index in [1.807, 2.05) is 35.0 Å². The number of nitrogens with zero attached hydrogens (tertiary/aromatic N) is 3. The topological polar surface area (TPSA) is 93.0 Å². The molecule has 1 saturated heterocycles. The van der Waals surface area contributed by atoms with Gasteiger partial charge in [-0.25, -0.2) is 13.4 Å². The lowest BCUT2D eigenvalue weighted by molar-refractivity contribution is 0.102. The number of ether oxygens (including phenoxy) is 1. The van der Waals surface area contributed by atoms with Gasteiger partial charge in [-0.2, -0.15) is 4.31 Å². The third-order valence-electron chi connectivity index (χ3n) is 5.96. The van der Waals surface area contributed by atoms with Crippen LogP contribution in [0, 0.1) is 0 Å². The Morgan fingerprint density at radius 2 is 1.77 bits per heavy atom. The van der Waals surface area contributed by atoms with Gasteiger partial charge in [-0.05, 0) is 67.4 Å². The van der Waals surface area contributed by atoms with Crippen LogP contribution in [0.3, 0.4) is 0 Å². The number of fused-ring (bicyclic) bond motifs is 1. The average molecular weight is 491 g/mol. The zero-order chi connectivity index (χ0) is 24.3. The van der Waals surface area contributed by atoms with Gasteiger partial charge in [0.1, 0.15) is 18.0 Å². The second-order valence-electron chi connectivity index (χ2n) is 8.46. The molecule has 4 aromatic rings. The molecule has 8 nitrogen and oxygen atoms in total. The summed E-state index contributed by atoms with van der Waals surface area (Å²) in [5.74, 6) is 0.289. The number of piperidine rings is 1. The standard InChI is InChI=1S/C26H26N4O4S/c31-26(28-21-7-6-8-24(17-21)35(32,33)30-15-3-1-4-16-30)20-10-12-23(13-11-20)34-19-22-18-29-14-5-2-9-25(29)27-22/h2,5-14,17-18H,1,3-4,15-16,19H2,(H,28,31). The zero-order valence-corrected chi connectivity index (χ0v) is 19.9. The predicted octanol–water partition coefficient (Wildman–Crippen LogP) is 4.34. The van der Waals surface area contributed by atoms with Gasteiger partial charge in [-0.1, -0.05) is 18.6 Å². The second kappa shape index (κ2) is 9.89. The van der Waals surface area contributed by atoms with Crippen molar-refractivity contribution in [1.82, 2.24) is 13.7 Å². The number of imidazole rings is 1. The molecule has 1 aliphatic heterocycles. The lowest BCUT2D eigenvalue weighted by Gasteiger charge is -2.26. The van der Waals surface area contributed by atoms with Crippen molar-refractivity contribution in [3.8, 4) is 5.75 Å². The van der Waals surface area contributed by atoms with Crippen LogP contribution in [0.5, 0.6) is 5.75 Å². The maximum absolute atomic E-state index is 12.9. The Morgan fingerprint density at radius 3 is 2.54 bits per heavy atom. The number of rotatable bonds is 7. The van der Waals surface area contributed by atoms with Crippen LogP contribution in [-0.2, 0) is 16.6 Å². The van der Waals surface area contributed by atoms with Crippen LogP contribution in [0.1, 0.15) is 35.3 Å². The summed E-state index contributed by atoms with van der Waals surface area (Å²) >= 11 is 0. The van der Waals surface area contributed by atoms with Crippen molar-refractivity contribution < 1.29 is 17.9 Å². The largest absolute Gasteiger partial charge is 0.487 e. The Hall–Kier alpha value is -3.69. The molecular weight excluding hydrogens is 464 g/mol. The zero-order valence-electron chi connectivity index (χ0n) is 19.1. The molecule has 0 spiro atoms. The summed E-state index contributed by atoms with van der Waals surface area (Å²) in [5, 5.41) is 2.79. The number of nitrogens with one attached hydrogen (secondary N) is 1. The monoisotopic (exact) mass is 490 g/mol. The first kappa shape index (κ1) is 23.1. The van der Waals surface area contributed by atoms with Crippen LogP contribution in [0.4, 0.5) is 5.69 Å². The van der Waals surface area contributed by atoms with E-state index in [0.717, 1.165) is 30.6 Å². The number of carbonyl (C=O) groups is 1. The normalized spacial score (nSPS) is 14.6. The minimum atomic E-state index is -3.57. The van der Waals surface area contributed by atoms with Crippen LogP contribution >= 0.6 is 0 Å². The highest BCUT2D eigenvalue weighted by atomic mass is 32.2. The minimum Gasteiger partial charge on any atom is -0.487 e. The molecular formula is C26H26N4O4S. The molecule has 0 atom stereocenters. The summed E-state index contributed by atoms with van der Waals surface area (Å²) in [4.78, 5) is 17.4. The third-order valence-corrected chi connectivity index (χ3v) is 7.86. The Bertz CT molecular complexity index is 1410. The molecule has 35 heavy (non-hydrogen) atoms. The van der Waals surface area contributed by atoms with Gasteiger partial charge >= 0.3 is 0 Å². The third kappa shape index (κ3) is 5.21. The van der Waals surface area contributed by atoms with Crippen molar-refractivity contribution in [1.29, 1.82) is 0 Å². The molecule has 1 fully saturated rings. The van der Waals surface area contributed by atoms with E-state index in [-0.39, 0.29) is 10.8 Å². The summed E-state index contributed by atoms with van der Waals surface area (Å²) < 4.78 is 35.1. The molecule has 0 unspecified atom stereocenters. The molecule has 1 aliphatic rings. The van der Waals surface area contributed by atoms with E-state index in [1.54, 1.807) is 42.5 Å².